The maximum atomic E-state index is 13.0. The number of carbonyl (C=O) groups excluding carboxylic acids is 1. The van der Waals surface area contributed by atoms with Crippen molar-refractivity contribution in [3.63, 3.8) is 0 Å². The number of H-pyrrole nitrogens is 1. The average molecular weight is 359 g/mol. The van der Waals surface area contributed by atoms with Crippen LogP contribution in [-0.4, -0.2) is 38.7 Å². The Kier molecular flexibility index (Phi) is 3.10. The van der Waals surface area contributed by atoms with Crippen molar-refractivity contribution in [3.8, 4) is 0 Å². The molecule has 1 aromatic heterocycles. The fourth-order valence-corrected chi connectivity index (χ4v) is 6.80. The number of amides is 1. The van der Waals surface area contributed by atoms with E-state index in [0.29, 0.717) is 23.8 Å². The van der Waals surface area contributed by atoms with Gasteiger partial charge in [-0.25, -0.2) is 0 Å². The summed E-state index contributed by atoms with van der Waals surface area (Å²) in [5.74, 6) is 5.75. The highest BCUT2D eigenvalue weighted by atomic mass is 32.1. The lowest BCUT2D eigenvalue weighted by Gasteiger charge is -2.32. The lowest BCUT2D eigenvalue weighted by atomic mass is 9.94. The number of likely N-dealkylation sites (tertiary alicyclic amines) is 1. The van der Waals surface area contributed by atoms with Crippen LogP contribution in [0.1, 0.15) is 62.7 Å². The van der Waals surface area contributed by atoms with Gasteiger partial charge in [-0.15, -0.1) is 0 Å². The second-order valence-electron chi connectivity index (χ2n) is 9.10. The molecule has 0 spiro atoms. The van der Waals surface area contributed by atoms with Crippen molar-refractivity contribution in [1.82, 2.24) is 19.7 Å². The number of hydrogen-bond acceptors (Lipinski definition) is 3. The van der Waals surface area contributed by atoms with Gasteiger partial charge in [0.05, 0.1) is 0 Å². The zero-order valence-corrected chi connectivity index (χ0v) is 15.4. The molecule has 4 aliphatic carbocycles. The van der Waals surface area contributed by atoms with Gasteiger partial charge in [0, 0.05) is 31.0 Å². The van der Waals surface area contributed by atoms with Crippen LogP contribution in [0.5, 0.6) is 0 Å². The molecule has 6 rings (SSSR count). The summed E-state index contributed by atoms with van der Waals surface area (Å²) in [6, 6.07) is 0.572. The Labute approximate surface area is 153 Å². The summed E-state index contributed by atoms with van der Waals surface area (Å²) in [5, 5.41) is 7.53. The molecular weight excluding hydrogens is 332 g/mol. The van der Waals surface area contributed by atoms with Gasteiger partial charge in [0.1, 0.15) is 5.82 Å². The Morgan fingerprint density at radius 3 is 2.36 bits per heavy atom. The summed E-state index contributed by atoms with van der Waals surface area (Å²) in [5.41, 5.74) is 0. The molecule has 4 atom stereocenters. The molecule has 0 unspecified atom stereocenters. The quantitative estimate of drug-likeness (QED) is 0.844. The van der Waals surface area contributed by atoms with Crippen molar-refractivity contribution in [3.05, 3.63) is 10.6 Å². The number of nitrogens with zero attached hydrogens (tertiary/aromatic N) is 3. The first-order valence-corrected chi connectivity index (χ1v) is 10.6. The van der Waals surface area contributed by atoms with Crippen LogP contribution in [0.2, 0.25) is 0 Å². The summed E-state index contributed by atoms with van der Waals surface area (Å²) < 4.78 is 3.03. The maximum absolute atomic E-state index is 13.0. The third-order valence-corrected chi connectivity index (χ3v) is 8.12. The van der Waals surface area contributed by atoms with Crippen LogP contribution < -0.4 is 0 Å². The van der Waals surface area contributed by atoms with Crippen LogP contribution >= 0.6 is 12.2 Å². The molecular formula is C19H26N4OS. The van der Waals surface area contributed by atoms with Gasteiger partial charge in [-0.2, -0.15) is 5.10 Å². The van der Waals surface area contributed by atoms with Crippen molar-refractivity contribution in [2.24, 2.45) is 29.6 Å². The zero-order valence-electron chi connectivity index (χ0n) is 14.6. The lowest BCUT2D eigenvalue weighted by Crippen LogP contribution is -2.40. The van der Waals surface area contributed by atoms with Gasteiger partial charge in [-0.05, 0) is 80.8 Å². The van der Waals surface area contributed by atoms with E-state index in [0.717, 1.165) is 60.2 Å². The number of hydrogen-bond donors (Lipinski definition) is 1. The molecule has 25 heavy (non-hydrogen) atoms. The van der Waals surface area contributed by atoms with Crippen LogP contribution in [0.3, 0.4) is 0 Å². The van der Waals surface area contributed by atoms with Crippen molar-refractivity contribution < 1.29 is 4.79 Å². The van der Waals surface area contributed by atoms with Crippen LogP contribution in [-0.2, 0) is 4.79 Å². The molecule has 1 aromatic rings. The number of rotatable bonds is 3. The number of carbonyl (C=O) groups is 1. The Balaban J connectivity index is 1.13. The summed E-state index contributed by atoms with van der Waals surface area (Å²) in [4.78, 5) is 15.2. The highest BCUT2D eigenvalue weighted by Crippen LogP contribution is 2.69. The van der Waals surface area contributed by atoms with E-state index in [-0.39, 0.29) is 0 Å². The molecule has 134 valence electrons. The molecule has 2 heterocycles. The van der Waals surface area contributed by atoms with Gasteiger partial charge >= 0.3 is 0 Å². The summed E-state index contributed by atoms with van der Waals surface area (Å²) in [7, 11) is 0. The number of nitrogens with one attached hydrogen (secondary N) is 1. The van der Waals surface area contributed by atoms with Crippen LogP contribution in [0.25, 0.3) is 0 Å². The van der Waals surface area contributed by atoms with E-state index in [1.807, 2.05) is 0 Å². The summed E-state index contributed by atoms with van der Waals surface area (Å²) in [6.45, 7) is 1.80. The van der Waals surface area contributed by atoms with E-state index in [1.165, 1.54) is 32.1 Å². The first-order valence-electron chi connectivity index (χ1n) is 10.2. The number of piperidine rings is 1. The van der Waals surface area contributed by atoms with Gasteiger partial charge < -0.3 is 9.47 Å². The van der Waals surface area contributed by atoms with Crippen LogP contribution in [0.15, 0.2) is 0 Å². The smallest absolute Gasteiger partial charge is 0.226 e. The predicted octanol–water partition coefficient (Wildman–Crippen LogP) is 3.27. The van der Waals surface area contributed by atoms with E-state index in [1.54, 1.807) is 0 Å². The second-order valence-corrected chi connectivity index (χ2v) is 9.49. The number of aromatic amines is 1. The SMILES string of the molecule is O=C(C1[C@H]2[C@H]3CC[C@@H](C3)[C@H]12)N1CCC(c2n[nH]c(=S)n2C2CC2)CC1. The Hall–Kier alpha value is -1.17. The first kappa shape index (κ1) is 14.9. The van der Waals surface area contributed by atoms with Crippen molar-refractivity contribution in [2.45, 2.75) is 56.9 Å². The molecule has 1 aliphatic heterocycles. The molecule has 1 N–H and O–H groups in total. The molecule has 0 radical (unpaired) electrons. The van der Waals surface area contributed by atoms with E-state index in [9.17, 15) is 4.79 Å². The fourth-order valence-electron chi connectivity index (χ4n) is 6.51. The molecule has 6 heteroatoms. The molecule has 1 saturated heterocycles. The van der Waals surface area contributed by atoms with E-state index >= 15 is 0 Å². The third-order valence-electron chi connectivity index (χ3n) is 7.84. The third kappa shape index (κ3) is 2.15. The van der Waals surface area contributed by atoms with Crippen molar-refractivity contribution in [1.29, 1.82) is 0 Å². The minimum atomic E-state index is 0.392. The molecule has 4 saturated carbocycles. The number of aromatic nitrogens is 3. The van der Waals surface area contributed by atoms with E-state index in [4.69, 9.17) is 12.2 Å². The monoisotopic (exact) mass is 358 g/mol. The Morgan fingerprint density at radius 2 is 1.72 bits per heavy atom. The lowest BCUT2D eigenvalue weighted by molar-refractivity contribution is -0.134. The van der Waals surface area contributed by atoms with E-state index < -0.39 is 0 Å². The molecule has 0 aromatic carbocycles. The van der Waals surface area contributed by atoms with Crippen molar-refractivity contribution >= 4 is 18.1 Å². The van der Waals surface area contributed by atoms with Crippen molar-refractivity contribution in [2.75, 3.05) is 13.1 Å². The normalized spacial score (nSPS) is 39.7. The fraction of sp³-hybridized carbons (Fsp3) is 0.842. The molecule has 1 amide bonds. The minimum Gasteiger partial charge on any atom is -0.342 e. The highest BCUT2D eigenvalue weighted by Gasteiger charge is 2.68. The Bertz CT molecular complexity index is 757. The van der Waals surface area contributed by atoms with Gasteiger partial charge in [-0.1, -0.05) is 0 Å². The minimum absolute atomic E-state index is 0.392. The van der Waals surface area contributed by atoms with Crippen LogP contribution in [0, 0.1) is 34.4 Å². The topological polar surface area (TPSA) is 53.9 Å². The highest BCUT2D eigenvalue weighted by molar-refractivity contribution is 7.71. The maximum Gasteiger partial charge on any atom is 0.226 e. The van der Waals surface area contributed by atoms with Crippen LogP contribution in [0.4, 0.5) is 0 Å². The Morgan fingerprint density at radius 1 is 1.04 bits per heavy atom. The van der Waals surface area contributed by atoms with Gasteiger partial charge in [-0.3, -0.25) is 9.89 Å². The second kappa shape index (κ2) is 5.18. The predicted molar refractivity (Wildman–Crippen MR) is 95.5 cm³/mol. The van der Waals surface area contributed by atoms with E-state index in [2.05, 4.69) is 19.7 Å². The molecule has 2 bridgehead atoms. The average Bonchev–Trinajstić information content (AvgIpc) is 3.50. The summed E-state index contributed by atoms with van der Waals surface area (Å²) in [6.07, 6.45) is 8.73. The summed E-state index contributed by atoms with van der Waals surface area (Å²) >= 11 is 5.42. The molecule has 5 nitrogen and oxygen atoms in total. The zero-order chi connectivity index (χ0) is 16.7. The standard InChI is InChI=1S/C19H26N4OS/c24-18(16-14-11-1-2-12(9-11)15(14)16)22-7-5-10(6-8-22)17-20-21-19(25)23(17)13-3-4-13/h10-16H,1-9H2,(H,21,25)/t11-,12-,14-,15-/m0/s1. The van der Waals surface area contributed by atoms with Gasteiger partial charge in [0.2, 0.25) is 5.91 Å². The van der Waals surface area contributed by atoms with Gasteiger partial charge in [0.15, 0.2) is 4.77 Å². The molecule has 5 fully saturated rings. The first-order chi connectivity index (χ1) is 12.2. The molecule has 5 aliphatic rings. The largest absolute Gasteiger partial charge is 0.342 e. The van der Waals surface area contributed by atoms with Gasteiger partial charge in [0.25, 0.3) is 0 Å². The number of fused-ring (bicyclic) bond motifs is 5.